The Balaban J connectivity index is 3.03. The fourth-order valence-electron chi connectivity index (χ4n) is 8.10. The molecule has 4 nitrogen and oxygen atoms in total. The lowest BCUT2D eigenvalue weighted by Crippen LogP contribution is -2.87. The van der Waals surface area contributed by atoms with E-state index in [1.54, 1.807) is 0 Å². The Morgan fingerprint density at radius 2 is 1.26 bits per heavy atom. The minimum atomic E-state index is 0.00315. The van der Waals surface area contributed by atoms with Crippen molar-refractivity contribution in [2.45, 2.75) is 138 Å². The van der Waals surface area contributed by atoms with E-state index in [9.17, 15) is 0 Å². The molecule has 4 heteroatoms. The number of rotatable bonds is 8. The van der Waals surface area contributed by atoms with Gasteiger partial charge in [0.2, 0.25) is 0 Å². The average molecular weight is 439 g/mol. The van der Waals surface area contributed by atoms with Gasteiger partial charge < -0.3 is 0 Å². The van der Waals surface area contributed by atoms with Gasteiger partial charge >= 0.3 is 5.91 Å². The van der Waals surface area contributed by atoms with E-state index in [1.165, 1.54) is 73.9 Å². The molecule has 2 rings (SSSR count). The zero-order chi connectivity index (χ0) is 23.9. The van der Waals surface area contributed by atoms with Crippen LogP contribution in [0.2, 0.25) is 0 Å². The summed E-state index contributed by atoms with van der Waals surface area (Å²) in [6.45, 7) is 37.1. The second kappa shape index (κ2) is 9.24. The van der Waals surface area contributed by atoms with Crippen molar-refractivity contribution in [1.82, 2.24) is 9.80 Å². The summed E-state index contributed by atoms with van der Waals surface area (Å²) in [5, 5.41) is 0. The van der Waals surface area contributed by atoms with Crippen molar-refractivity contribution >= 4 is 0 Å². The molecule has 0 aromatic heterocycles. The summed E-state index contributed by atoms with van der Waals surface area (Å²) in [6.07, 6.45) is 5.19. The van der Waals surface area contributed by atoms with Crippen LogP contribution >= 0.6 is 0 Å². The molecule has 184 valence electrons. The monoisotopic (exact) mass is 438 g/mol. The van der Waals surface area contributed by atoms with Crippen LogP contribution in [-0.2, 0) is 0 Å². The molecule has 0 saturated carbocycles. The third-order valence-electron chi connectivity index (χ3n) is 9.05. The normalized spacial score (nSPS) is 31.7. The number of hydrogen-bond acceptors (Lipinski definition) is 2. The minimum absolute atomic E-state index is 0.00315. The molecule has 2 fully saturated rings. The van der Waals surface area contributed by atoms with E-state index in [2.05, 4.69) is 92.9 Å². The van der Waals surface area contributed by atoms with Crippen molar-refractivity contribution in [2.24, 2.45) is 0 Å². The summed E-state index contributed by atoms with van der Waals surface area (Å²) in [6, 6.07) is 1.35. The van der Waals surface area contributed by atoms with Gasteiger partial charge in [0.1, 0.15) is 12.6 Å². The van der Waals surface area contributed by atoms with Crippen molar-refractivity contribution < 1.29 is 8.97 Å². The van der Waals surface area contributed by atoms with Gasteiger partial charge in [0.15, 0.2) is 0 Å². The van der Waals surface area contributed by atoms with Crippen molar-refractivity contribution in [3.8, 4) is 0 Å². The van der Waals surface area contributed by atoms with Gasteiger partial charge in [0, 0.05) is 17.5 Å². The Morgan fingerprint density at radius 3 is 1.61 bits per heavy atom. The lowest BCUT2D eigenvalue weighted by Gasteiger charge is -2.62. The highest BCUT2D eigenvalue weighted by Gasteiger charge is 2.82. The van der Waals surface area contributed by atoms with Crippen molar-refractivity contribution in [3.63, 3.8) is 0 Å². The molecule has 0 amide bonds. The summed E-state index contributed by atoms with van der Waals surface area (Å²) in [5.41, 5.74) is 0.261. The number of quaternary nitrogens is 2. The molecule has 0 aromatic rings. The fraction of sp³-hybridized carbons (Fsp3) is 1.00. The molecule has 3 unspecified atom stereocenters. The smallest absolute Gasteiger partial charge is 0.241 e. The first kappa shape index (κ1) is 27.1. The van der Waals surface area contributed by atoms with Gasteiger partial charge in [-0.25, -0.2) is 8.97 Å². The Hall–Kier alpha value is -0.160. The van der Waals surface area contributed by atoms with Crippen LogP contribution in [0.25, 0.3) is 0 Å². The zero-order valence-electron chi connectivity index (χ0n) is 23.5. The van der Waals surface area contributed by atoms with Crippen LogP contribution in [0.15, 0.2) is 0 Å². The molecular weight excluding hydrogens is 380 g/mol. The summed E-state index contributed by atoms with van der Waals surface area (Å²) < 4.78 is 2.45. The molecule has 0 radical (unpaired) electrons. The van der Waals surface area contributed by atoms with Crippen molar-refractivity contribution in [1.29, 1.82) is 0 Å². The zero-order valence-corrected chi connectivity index (χ0v) is 23.5. The van der Waals surface area contributed by atoms with Crippen LogP contribution in [0.5, 0.6) is 0 Å². The molecule has 3 atom stereocenters. The summed E-state index contributed by atoms with van der Waals surface area (Å²) >= 11 is 0. The second-order valence-electron chi connectivity index (χ2n) is 12.4. The molecular formula is C27H58N4+2. The van der Waals surface area contributed by atoms with E-state index in [-0.39, 0.29) is 17.0 Å². The van der Waals surface area contributed by atoms with E-state index in [1.807, 2.05) is 0 Å². The maximum Gasteiger partial charge on any atom is 0.358 e. The quantitative estimate of drug-likeness (QED) is 0.437. The standard InChI is InChI=1S/C27H58N4/c1-13-19-23-22-30(15-3,16-4)27(29(23)26(10,11)12)28(25(7,8)9)21-24(20-14-2)31(27,17-5)18-6/h23-24H,13-22H2,1-12H3/q+2. The highest BCUT2D eigenvalue weighted by atomic mass is 15.9. The van der Waals surface area contributed by atoms with Gasteiger partial charge in [-0.2, -0.15) is 9.80 Å². The molecule has 2 aliphatic heterocycles. The van der Waals surface area contributed by atoms with Gasteiger partial charge in [-0.05, 0) is 75.7 Å². The molecule has 31 heavy (non-hydrogen) atoms. The van der Waals surface area contributed by atoms with Crippen molar-refractivity contribution in [2.75, 3.05) is 39.3 Å². The number of nitrogens with zero attached hydrogens (tertiary/aromatic N) is 4. The van der Waals surface area contributed by atoms with E-state index in [4.69, 9.17) is 0 Å². The van der Waals surface area contributed by atoms with Gasteiger partial charge in [0.05, 0.1) is 38.8 Å². The fourth-order valence-corrected chi connectivity index (χ4v) is 8.10. The van der Waals surface area contributed by atoms with Crippen LogP contribution in [0.3, 0.4) is 0 Å². The molecule has 2 saturated heterocycles. The maximum atomic E-state index is 3.07. The van der Waals surface area contributed by atoms with E-state index >= 15 is 0 Å². The first-order valence-corrected chi connectivity index (χ1v) is 13.6. The highest BCUT2D eigenvalue weighted by Crippen LogP contribution is 2.57. The second-order valence-corrected chi connectivity index (χ2v) is 12.4. The van der Waals surface area contributed by atoms with E-state index in [0.29, 0.717) is 12.1 Å². The third-order valence-corrected chi connectivity index (χ3v) is 9.05. The van der Waals surface area contributed by atoms with Crippen LogP contribution in [0, 0.1) is 0 Å². The lowest BCUT2D eigenvalue weighted by atomic mass is 9.98. The van der Waals surface area contributed by atoms with Crippen LogP contribution in [0.4, 0.5) is 0 Å². The number of hydrogen-bond donors (Lipinski definition) is 0. The minimum Gasteiger partial charge on any atom is -0.241 e. The molecule has 0 aromatic carbocycles. The maximum absolute atomic E-state index is 3.07. The molecule has 1 spiro atoms. The first-order valence-electron chi connectivity index (χ1n) is 13.6. The van der Waals surface area contributed by atoms with E-state index in [0.717, 1.165) is 0 Å². The molecule has 0 bridgehead atoms. The Kier molecular flexibility index (Phi) is 8.07. The predicted molar refractivity (Wildman–Crippen MR) is 136 cm³/mol. The molecule has 2 aliphatic rings. The van der Waals surface area contributed by atoms with E-state index < -0.39 is 0 Å². The largest absolute Gasteiger partial charge is 0.358 e. The van der Waals surface area contributed by atoms with Crippen molar-refractivity contribution in [3.05, 3.63) is 0 Å². The lowest BCUT2D eigenvalue weighted by molar-refractivity contribution is -1.18. The van der Waals surface area contributed by atoms with Crippen LogP contribution in [0.1, 0.15) is 109 Å². The average Bonchev–Trinajstić information content (AvgIpc) is 3.13. The molecule has 0 aliphatic carbocycles. The van der Waals surface area contributed by atoms with Gasteiger partial charge in [-0.3, -0.25) is 0 Å². The SMILES string of the molecule is CCCC1C[N+](CC)(CC)C2(N(C(C)(C)C)CC(CCC)[N+]2(CC)CC)N1C(C)(C)C. The van der Waals surface area contributed by atoms with Gasteiger partial charge in [-0.1, -0.05) is 26.7 Å². The van der Waals surface area contributed by atoms with Crippen LogP contribution < -0.4 is 0 Å². The topological polar surface area (TPSA) is 6.48 Å². The predicted octanol–water partition coefficient (Wildman–Crippen LogP) is 5.88. The van der Waals surface area contributed by atoms with Gasteiger partial charge in [-0.15, -0.1) is 0 Å². The number of likely N-dealkylation sites (N-methyl/N-ethyl adjacent to an activating group) is 2. The summed E-state index contributed by atoms with van der Waals surface area (Å²) in [4.78, 5) is 6.09. The first-order chi connectivity index (χ1) is 14.3. The molecule has 2 heterocycles. The molecule has 0 N–H and O–H groups in total. The van der Waals surface area contributed by atoms with Crippen LogP contribution in [-0.4, -0.2) is 87.1 Å². The van der Waals surface area contributed by atoms with Gasteiger partial charge in [0.25, 0.3) is 0 Å². The Morgan fingerprint density at radius 1 is 0.742 bits per heavy atom. The summed E-state index contributed by atoms with van der Waals surface area (Å²) in [7, 11) is 0. The third kappa shape index (κ3) is 3.72. The highest BCUT2D eigenvalue weighted by molar-refractivity contribution is 5.02. The Bertz CT molecular complexity index is 579. The Labute approximate surface area is 196 Å². The summed E-state index contributed by atoms with van der Waals surface area (Å²) in [5.74, 6) is 0.00315.